The summed E-state index contributed by atoms with van der Waals surface area (Å²) in [5.41, 5.74) is 0.427. The zero-order valence-corrected chi connectivity index (χ0v) is 13.7. The lowest BCUT2D eigenvalue weighted by atomic mass is 9.79. The van der Waals surface area contributed by atoms with Gasteiger partial charge in [0.05, 0.1) is 29.6 Å². The van der Waals surface area contributed by atoms with Crippen molar-refractivity contribution in [3.63, 3.8) is 0 Å². The van der Waals surface area contributed by atoms with Gasteiger partial charge in [0.1, 0.15) is 5.00 Å². The highest BCUT2D eigenvalue weighted by molar-refractivity contribution is 7.14. The molecule has 1 aromatic rings. The van der Waals surface area contributed by atoms with Crippen LogP contribution in [0.15, 0.2) is 11.4 Å². The number of carbonyl (C=O) groups is 3. The van der Waals surface area contributed by atoms with Crippen molar-refractivity contribution in [2.45, 2.75) is 43.9 Å². The summed E-state index contributed by atoms with van der Waals surface area (Å²) in [6.45, 7) is 0. The Kier molecular flexibility index (Phi) is 3.80. The molecule has 3 N–H and O–H groups in total. The standard InChI is InChI=1S/C16H18N2O5S/c19-13(17-7-1-2-7)8-5-6-24-15(8)18-14(20)11-9-3-4-10(23-9)12(11)16(21)22/h5-7,9-12H,1-4H2,(H,17,19)(H,18,20)(H,21,22)/t9-,10+,11-,12+/m1/s1. The summed E-state index contributed by atoms with van der Waals surface area (Å²) < 4.78 is 5.62. The first-order chi connectivity index (χ1) is 11.5. The van der Waals surface area contributed by atoms with Gasteiger partial charge in [0.25, 0.3) is 5.91 Å². The highest BCUT2D eigenvalue weighted by atomic mass is 32.1. The molecule has 4 rings (SSSR count). The summed E-state index contributed by atoms with van der Waals surface area (Å²) >= 11 is 1.26. The quantitative estimate of drug-likeness (QED) is 0.746. The van der Waals surface area contributed by atoms with E-state index in [1.807, 2.05) is 0 Å². The van der Waals surface area contributed by atoms with E-state index in [1.54, 1.807) is 11.4 Å². The smallest absolute Gasteiger partial charge is 0.310 e. The third kappa shape index (κ3) is 2.69. The van der Waals surface area contributed by atoms with Gasteiger partial charge in [-0.05, 0) is 37.1 Å². The van der Waals surface area contributed by atoms with E-state index in [-0.39, 0.29) is 30.1 Å². The molecule has 0 aromatic carbocycles. The van der Waals surface area contributed by atoms with Gasteiger partial charge in [-0.25, -0.2) is 0 Å². The number of hydrogen-bond acceptors (Lipinski definition) is 5. The topological polar surface area (TPSA) is 105 Å². The van der Waals surface area contributed by atoms with Crippen molar-refractivity contribution < 1.29 is 24.2 Å². The van der Waals surface area contributed by atoms with Crippen LogP contribution in [0.5, 0.6) is 0 Å². The Morgan fingerprint density at radius 3 is 2.50 bits per heavy atom. The maximum Gasteiger partial charge on any atom is 0.310 e. The SMILES string of the molecule is O=C(NC1CC1)c1ccsc1NC(=O)[C@H]1[C@@H](C(=O)O)[C@@H]2CC[C@H]1O2. The van der Waals surface area contributed by atoms with Crippen LogP contribution in [0, 0.1) is 11.8 Å². The Morgan fingerprint density at radius 1 is 1.12 bits per heavy atom. The van der Waals surface area contributed by atoms with Crippen LogP contribution in [0.2, 0.25) is 0 Å². The maximum absolute atomic E-state index is 12.6. The third-order valence-electron chi connectivity index (χ3n) is 4.92. The van der Waals surface area contributed by atoms with Crippen molar-refractivity contribution in [3.05, 3.63) is 17.0 Å². The molecule has 0 unspecified atom stereocenters. The first-order valence-corrected chi connectivity index (χ1v) is 9.00. The van der Waals surface area contributed by atoms with Gasteiger partial charge in [0.2, 0.25) is 5.91 Å². The van der Waals surface area contributed by atoms with Crippen molar-refractivity contribution in [1.82, 2.24) is 5.32 Å². The molecule has 8 heteroatoms. The fraction of sp³-hybridized carbons (Fsp3) is 0.562. The van der Waals surface area contributed by atoms with E-state index in [0.717, 1.165) is 12.8 Å². The number of nitrogens with one attached hydrogen (secondary N) is 2. The van der Waals surface area contributed by atoms with E-state index in [2.05, 4.69) is 10.6 Å². The molecule has 2 amide bonds. The minimum Gasteiger partial charge on any atom is -0.481 e. The molecule has 24 heavy (non-hydrogen) atoms. The molecule has 7 nitrogen and oxygen atoms in total. The Balaban J connectivity index is 1.49. The van der Waals surface area contributed by atoms with Gasteiger partial charge >= 0.3 is 5.97 Å². The van der Waals surface area contributed by atoms with Gasteiger partial charge in [-0.2, -0.15) is 0 Å². The molecule has 3 heterocycles. The number of ether oxygens (including phenoxy) is 1. The van der Waals surface area contributed by atoms with Crippen molar-refractivity contribution in [1.29, 1.82) is 0 Å². The van der Waals surface area contributed by atoms with E-state index < -0.39 is 17.8 Å². The fourth-order valence-corrected chi connectivity index (χ4v) is 4.38. The summed E-state index contributed by atoms with van der Waals surface area (Å²) in [5.74, 6) is -3.10. The lowest BCUT2D eigenvalue weighted by Crippen LogP contribution is -2.41. The van der Waals surface area contributed by atoms with E-state index in [0.29, 0.717) is 23.4 Å². The molecule has 2 bridgehead atoms. The lowest BCUT2D eigenvalue weighted by molar-refractivity contribution is -0.147. The predicted molar refractivity (Wildman–Crippen MR) is 85.9 cm³/mol. The molecular formula is C16H18N2O5S. The molecule has 1 aliphatic carbocycles. The number of hydrogen-bond donors (Lipinski definition) is 3. The van der Waals surface area contributed by atoms with E-state index in [1.165, 1.54) is 11.3 Å². The molecule has 0 radical (unpaired) electrons. The second kappa shape index (κ2) is 5.86. The molecule has 2 saturated heterocycles. The van der Waals surface area contributed by atoms with Crippen molar-refractivity contribution in [3.8, 4) is 0 Å². The summed E-state index contributed by atoms with van der Waals surface area (Å²) in [6.07, 6.45) is 2.62. The van der Waals surface area contributed by atoms with E-state index >= 15 is 0 Å². The summed E-state index contributed by atoms with van der Waals surface area (Å²) in [7, 11) is 0. The average molecular weight is 350 g/mol. The maximum atomic E-state index is 12.6. The highest BCUT2D eigenvalue weighted by Crippen LogP contribution is 2.44. The number of anilines is 1. The monoisotopic (exact) mass is 350 g/mol. The molecule has 2 aliphatic heterocycles. The normalized spacial score (nSPS) is 31.0. The molecule has 4 atom stereocenters. The number of carboxylic acid groups (broad SMARTS) is 1. The number of fused-ring (bicyclic) bond motifs is 2. The predicted octanol–water partition coefficient (Wildman–Crippen LogP) is 1.46. The van der Waals surface area contributed by atoms with Crippen molar-refractivity contribution in [2.24, 2.45) is 11.8 Å². The molecule has 1 saturated carbocycles. The molecule has 1 aromatic heterocycles. The number of thiophene rings is 1. The van der Waals surface area contributed by atoms with E-state index in [4.69, 9.17) is 4.74 Å². The van der Waals surface area contributed by atoms with Gasteiger partial charge in [-0.3, -0.25) is 14.4 Å². The van der Waals surface area contributed by atoms with Gasteiger partial charge in [-0.1, -0.05) is 0 Å². The van der Waals surface area contributed by atoms with Crippen LogP contribution in [-0.2, 0) is 14.3 Å². The highest BCUT2D eigenvalue weighted by Gasteiger charge is 2.55. The summed E-state index contributed by atoms with van der Waals surface area (Å²) in [5, 5.41) is 17.3. The minimum absolute atomic E-state index is 0.201. The Morgan fingerprint density at radius 2 is 1.83 bits per heavy atom. The number of amides is 2. The zero-order chi connectivity index (χ0) is 16.8. The molecule has 0 spiro atoms. The first-order valence-electron chi connectivity index (χ1n) is 8.12. The Labute approximate surface area is 142 Å². The van der Waals surface area contributed by atoms with Crippen LogP contribution >= 0.6 is 11.3 Å². The second-order valence-corrected chi connectivity index (χ2v) is 7.50. The first kappa shape index (κ1) is 15.6. The Bertz CT molecular complexity index is 698. The molecule has 3 fully saturated rings. The number of carboxylic acids is 1. The van der Waals surface area contributed by atoms with Crippen LogP contribution in [0.3, 0.4) is 0 Å². The second-order valence-electron chi connectivity index (χ2n) is 6.58. The summed E-state index contributed by atoms with van der Waals surface area (Å²) in [4.78, 5) is 36.3. The van der Waals surface area contributed by atoms with Crippen LogP contribution < -0.4 is 10.6 Å². The zero-order valence-electron chi connectivity index (χ0n) is 12.9. The number of rotatable bonds is 5. The van der Waals surface area contributed by atoms with Gasteiger partial charge in [-0.15, -0.1) is 11.3 Å². The van der Waals surface area contributed by atoms with Crippen molar-refractivity contribution >= 4 is 34.1 Å². The molecular weight excluding hydrogens is 332 g/mol. The van der Waals surface area contributed by atoms with Crippen LogP contribution in [-0.4, -0.2) is 41.1 Å². The van der Waals surface area contributed by atoms with Crippen LogP contribution in [0.4, 0.5) is 5.00 Å². The van der Waals surface area contributed by atoms with Crippen LogP contribution in [0.1, 0.15) is 36.0 Å². The minimum atomic E-state index is -1.000. The number of carbonyl (C=O) groups excluding carboxylic acids is 2. The third-order valence-corrected chi connectivity index (χ3v) is 5.75. The fourth-order valence-electron chi connectivity index (χ4n) is 3.60. The molecule has 3 aliphatic rings. The summed E-state index contributed by atoms with van der Waals surface area (Å²) in [6, 6.07) is 1.90. The average Bonchev–Trinajstić information content (AvgIpc) is 2.98. The Hall–Kier alpha value is -1.93. The van der Waals surface area contributed by atoms with Gasteiger partial charge in [0, 0.05) is 6.04 Å². The van der Waals surface area contributed by atoms with Gasteiger partial charge in [0.15, 0.2) is 0 Å². The van der Waals surface area contributed by atoms with Crippen molar-refractivity contribution in [2.75, 3.05) is 5.32 Å². The van der Waals surface area contributed by atoms with Crippen LogP contribution in [0.25, 0.3) is 0 Å². The van der Waals surface area contributed by atoms with Gasteiger partial charge < -0.3 is 20.5 Å². The number of aliphatic carboxylic acids is 1. The lowest BCUT2D eigenvalue weighted by Gasteiger charge is -2.23. The largest absolute Gasteiger partial charge is 0.481 e. The molecule has 128 valence electrons. The van der Waals surface area contributed by atoms with E-state index in [9.17, 15) is 19.5 Å².